The Morgan fingerprint density at radius 1 is 1.25 bits per heavy atom. The Hall–Kier alpha value is -1.79. The van der Waals surface area contributed by atoms with E-state index in [9.17, 15) is 9.18 Å². The van der Waals surface area contributed by atoms with Crippen molar-refractivity contribution in [2.45, 2.75) is 33.4 Å². The second-order valence-corrected chi connectivity index (χ2v) is 7.56. The van der Waals surface area contributed by atoms with E-state index in [0.29, 0.717) is 13.1 Å². The highest BCUT2D eigenvalue weighted by Gasteiger charge is 2.22. The number of aryl methyl sites for hydroxylation is 2. The zero-order valence-electron chi connectivity index (χ0n) is 14.8. The number of thiazole rings is 1. The fourth-order valence-corrected chi connectivity index (χ4v) is 3.54. The number of rotatable bonds is 6. The van der Waals surface area contributed by atoms with Crippen molar-refractivity contribution in [3.63, 3.8) is 0 Å². The number of amides is 1. The molecule has 0 saturated carbocycles. The predicted octanol–water partition coefficient (Wildman–Crippen LogP) is 3.55. The molecule has 1 atom stereocenters. The maximum Gasteiger partial charge on any atom is 0.237 e. The molecule has 2 rings (SSSR count). The first kappa shape index (κ1) is 18.5. The van der Waals surface area contributed by atoms with E-state index in [1.54, 1.807) is 28.4 Å². The number of benzene rings is 1. The van der Waals surface area contributed by atoms with Gasteiger partial charge in [-0.3, -0.25) is 9.69 Å². The van der Waals surface area contributed by atoms with Gasteiger partial charge in [0.1, 0.15) is 5.82 Å². The minimum atomic E-state index is -0.250. The number of hydrogen-bond donors (Lipinski definition) is 0. The fourth-order valence-electron chi connectivity index (χ4n) is 2.63. The molecule has 0 radical (unpaired) electrons. The summed E-state index contributed by atoms with van der Waals surface area (Å²) >= 11 is 1.65. The Morgan fingerprint density at radius 3 is 2.42 bits per heavy atom. The Morgan fingerprint density at radius 2 is 1.88 bits per heavy atom. The molecule has 0 aliphatic carbocycles. The Balaban J connectivity index is 1.95. The van der Waals surface area contributed by atoms with Crippen LogP contribution in [0.2, 0.25) is 0 Å². The molecule has 24 heavy (non-hydrogen) atoms. The lowest BCUT2D eigenvalue weighted by Gasteiger charge is -2.27. The van der Waals surface area contributed by atoms with Crippen LogP contribution in [-0.2, 0) is 11.3 Å². The highest BCUT2D eigenvalue weighted by molar-refractivity contribution is 7.11. The summed E-state index contributed by atoms with van der Waals surface area (Å²) in [6.45, 7) is 6.92. The predicted molar refractivity (Wildman–Crippen MR) is 95.5 cm³/mol. The summed E-state index contributed by atoms with van der Waals surface area (Å²) in [6.07, 6.45) is 0. The summed E-state index contributed by atoms with van der Waals surface area (Å²) < 4.78 is 12.9. The molecular formula is C18H24FN3OS. The summed E-state index contributed by atoms with van der Waals surface area (Å²) in [5, 5.41) is 1.02. The Bertz CT molecular complexity index is 699. The van der Waals surface area contributed by atoms with Gasteiger partial charge in [0.15, 0.2) is 0 Å². The van der Waals surface area contributed by atoms with E-state index in [0.717, 1.165) is 21.1 Å². The van der Waals surface area contributed by atoms with Gasteiger partial charge in [0, 0.05) is 18.5 Å². The summed E-state index contributed by atoms with van der Waals surface area (Å²) in [4.78, 5) is 21.9. The third kappa shape index (κ3) is 4.61. The number of nitrogens with zero attached hydrogens (tertiary/aromatic N) is 3. The van der Waals surface area contributed by atoms with E-state index in [1.165, 1.54) is 12.1 Å². The van der Waals surface area contributed by atoms with Gasteiger partial charge >= 0.3 is 0 Å². The minimum Gasteiger partial charge on any atom is -0.336 e. The maximum atomic E-state index is 12.9. The van der Waals surface area contributed by atoms with Crippen molar-refractivity contribution >= 4 is 17.2 Å². The van der Waals surface area contributed by atoms with Crippen LogP contribution in [-0.4, -0.2) is 41.3 Å². The van der Waals surface area contributed by atoms with Crippen LogP contribution in [0.4, 0.5) is 4.39 Å². The third-order valence-corrected chi connectivity index (χ3v) is 4.98. The first-order valence-corrected chi connectivity index (χ1v) is 8.72. The molecule has 1 amide bonds. The molecule has 6 heteroatoms. The van der Waals surface area contributed by atoms with E-state index >= 15 is 0 Å². The monoisotopic (exact) mass is 349 g/mol. The summed E-state index contributed by atoms with van der Waals surface area (Å²) in [5.41, 5.74) is 1.95. The normalized spacial score (nSPS) is 12.5. The van der Waals surface area contributed by atoms with E-state index in [1.807, 2.05) is 39.8 Å². The fraction of sp³-hybridized carbons (Fsp3) is 0.444. The van der Waals surface area contributed by atoms with Crippen LogP contribution in [0.15, 0.2) is 24.3 Å². The molecule has 0 spiro atoms. The number of carbonyl (C=O) groups is 1. The lowest BCUT2D eigenvalue weighted by Crippen LogP contribution is -2.38. The zero-order chi connectivity index (χ0) is 17.9. The molecule has 1 aromatic carbocycles. The molecule has 2 aromatic rings. The number of aromatic nitrogens is 1. The number of halogens is 1. The summed E-state index contributed by atoms with van der Waals surface area (Å²) in [5.74, 6) is -0.211. The molecule has 4 nitrogen and oxygen atoms in total. The highest BCUT2D eigenvalue weighted by Crippen LogP contribution is 2.26. The van der Waals surface area contributed by atoms with Crippen LogP contribution in [0.1, 0.15) is 34.1 Å². The molecule has 0 aliphatic rings. The molecule has 1 unspecified atom stereocenters. The molecule has 130 valence electrons. The van der Waals surface area contributed by atoms with Crippen molar-refractivity contribution in [3.8, 4) is 0 Å². The largest absolute Gasteiger partial charge is 0.336 e. The van der Waals surface area contributed by atoms with Crippen molar-refractivity contribution in [1.29, 1.82) is 0 Å². The molecule has 0 N–H and O–H groups in total. The van der Waals surface area contributed by atoms with Crippen molar-refractivity contribution in [1.82, 2.24) is 14.8 Å². The van der Waals surface area contributed by atoms with Crippen LogP contribution in [0, 0.1) is 19.7 Å². The first-order valence-electron chi connectivity index (χ1n) is 7.90. The quantitative estimate of drug-likeness (QED) is 0.800. The number of likely N-dealkylation sites (N-methyl/N-ethyl adjacent to an activating group) is 2. The van der Waals surface area contributed by atoms with Crippen LogP contribution in [0.25, 0.3) is 0 Å². The van der Waals surface area contributed by atoms with Crippen LogP contribution in [0.3, 0.4) is 0 Å². The van der Waals surface area contributed by atoms with Crippen LogP contribution >= 0.6 is 11.3 Å². The molecule has 0 bridgehead atoms. The van der Waals surface area contributed by atoms with Gasteiger partial charge < -0.3 is 4.90 Å². The summed E-state index contributed by atoms with van der Waals surface area (Å²) in [6, 6.07) is 6.30. The average molecular weight is 349 g/mol. The van der Waals surface area contributed by atoms with Gasteiger partial charge in [0.05, 0.1) is 23.3 Å². The maximum absolute atomic E-state index is 12.9. The van der Waals surface area contributed by atoms with E-state index in [2.05, 4.69) is 4.98 Å². The van der Waals surface area contributed by atoms with E-state index in [-0.39, 0.29) is 17.8 Å². The summed E-state index contributed by atoms with van der Waals surface area (Å²) in [7, 11) is 3.70. The average Bonchev–Trinajstić information content (AvgIpc) is 2.86. The second kappa shape index (κ2) is 7.85. The third-order valence-electron chi connectivity index (χ3n) is 4.08. The lowest BCUT2D eigenvalue weighted by atomic mass is 10.2. The van der Waals surface area contributed by atoms with Gasteiger partial charge in [-0.25, -0.2) is 9.37 Å². The standard InChI is InChI=1S/C18H24FN3OS/c1-12(18-13(2)24-14(3)20-18)22(5)17(23)11-21(4)10-15-6-8-16(19)9-7-15/h6-9,12H,10-11H2,1-5H3. The van der Waals surface area contributed by atoms with Gasteiger partial charge in [-0.05, 0) is 45.5 Å². The first-order chi connectivity index (χ1) is 11.3. The smallest absolute Gasteiger partial charge is 0.237 e. The van der Waals surface area contributed by atoms with Gasteiger partial charge in [0.25, 0.3) is 0 Å². The number of hydrogen-bond acceptors (Lipinski definition) is 4. The van der Waals surface area contributed by atoms with Crippen LogP contribution < -0.4 is 0 Å². The minimum absolute atomic E-state index is 0.0390. The second-order valence-electron chi connectivity index (χ2n) is 6.15. The van der Waals surface area contributed by atoms with Gasteiger partial charge in [-0.1, -0.05) is 12.1 Å². The zero-order valence-corrected chi connectivity index (χ0v) is 15.7. The van der Waals surface area contributed by atoms with E-state index in [4.69, 9.17) is 0 Å². The molecule has 0 saturated heterocycles. The Labute approximate surface area is 146 Å². The van der Waals surface area contributed by atoms with Crippen molar-refractivity contribution in [3.05, 3.63) is 51.2 Å². The lowest BCUT2D eigenvalue weighted by molar-refractivity contribution is -0.132. The van der Waals surface area contributed by atoms with Gasteiger partial charge in [-0.15, -0.1) is 11.3 Å². The van der Waals surface area contributed by atoms with Gasteiger partial charge in [0.2, 0.25) is 5.91 Å². The highest BCUT2D eigenvalue weighted by atomic mass is 32.1. The van der Waals surface area contributed by atoms with Gasteiger partial charge in [-0.2, -0.15) is 0 Å². The Kier molecular flexibility index (Phi) is 6.07. The molecule has 1 heterocycles. The SMILES string of the molecule is Cc1nc(C(C)N(C)C(=O)CN(C)Cc2ccc(F)cc2)c(C)s1. The number of carbonyl (C=O) groups excluding carboxylic acids is 1. The van der Waals surface area contributed by atoms with Crippen molar-refractivity contribution < 1.29 is 9.18 Å². The van der Waals surface area contributed by atoms with Crippen LogP contribution in [0.5, 0.6) is 0 Å². The molecule has 1 aromatic heterocycles. The topological polar surface area (TPSA) is 36.4 Å². The molecule has 0 aliphatic heterocycles. The van der Waals surface area contributed by atoms with Crippen molar-refractivity contribution in [2.75, 3.05) is 20.6 Å². The van der Waals surface area contributed by atoms with E-state index < -0.39 is 0 Å². The molecular weight excluding hydrogens is 325 g/mol. The molecule has 0 fully saturated rings. The van der Waals surface area contributed by atoms with Crippen molar-refractivity contribution in [2.24, 2.45) is 0 Å².